The molecule has 1 N–H and O–H groups in total. The molecule has 0 aliphatic carbocycles. The van der Waals surface area contributed by atoms with Crippen molar-refractivity contribution in [1.82, 2.24) is 9.78 Å². The summed E-state index contributed by atoms with van der Waals surface area (Å²) in [6.07, 6.45) is -8.42. The topological polar surface area (TPSA) is 64.0 Å². The number of nitrogens with zero attached hydrogens (tertiary/aromatic N) is 2. The van der Waals surface area contributed by atoms with Gasteiger partial charge in [0.1, 0.15) is 0 Å². The van der Waals surface area contributed by atoms with E-state index in [0.717, 1.165) is 41.3 Å². The fourth-order valence-electron chi connectivity index (χ4n) is 2.64. The summed E-state index contributed by atoms with van der Waals surface area (Å²) in [4.78, 5) is 0. The highest BCUT2D eigenvalue weighted by molar-refractivity contribution is 7.92. The molecule has 1 aromatic heterocycles. The molecule has 0 aliphatic rings. The quantitative estimate of drug-likeness (QED) is 0.574. The van der Waals surface area contributed by atoms with Crippen molar-refractivity contribution in [3.05, 3.63) is 65.9 Å². The molecule has 0 aliphatic heterocycles. The van der Waals surface area contributed by atoms with Gasteiger partial charge in [-0.25, -0.2) is 13.1 Å². The van der Waals surface area contributed by atoms with E-state index in [2.05, 4.69) is 9.82 Å². The molecule has 0 atom stereocenters. The Balaban J connectivity index is 2.07. The van der Waals surface area contributed by atoms with Crippen LogP contribution in [-0.4, -0.2) is 24.5 Å². The molecular weight excluding hydrogens is 436 g/mol. The number of benzene rings is 2. The number of alkyl halides is 6. The first-order valence-corrected chi connectivity index (χ1v) is 10.1. The number of rotatable bonds is 4. The Morgan fingerprint density at radius 3 is 1.90 bits per heavy atom. The number of aromatic nitrogens is 2. The fourth-order valence-corrected chi connectivity index (χ4v) is 3.20. The summed E-state index contributed by atoms with van der Waals surface area (Å²) in [6.45, 7) is 0. The summed E-state index contributed by atoms with van der Waals surface area (Å²) >= 11 is 0. The summed E-state index contributed by atoms with van der Waals surface area (Å²) in [5.41, 5.74) is -1.83. The molecule has 1 heterocycles. The van der Waals surface area contributed by atoms with Crippen molar-refractivity contribution >= 4 is 15.7 Å². The van der Waals surface area contributed by atoms with E-state index in [1.54, 1.807) is 0 Å². The van der Waals surface area contributed by atoms with Gasteiger partial charge in [-0.05, 0) is 42.5 Å². The summed E-state index contributed by atoms with van der Waals surface area (Å²) in [6, 6.07) is 9.65. The minimum absolute atomic E-state index is 0.0835. The van der Waals surface area contributed by atoms with Gasteiger partial charge in [0.05, 0.1) is 23.2 Å². The van der Waals surface area contributed by atoms with Crippen molar-refractivity contribution in [3.63, 3.8) is 0 Å². The van der Waals surface area contributed by atoms with Crippen LogP contribution in [0.5, 0.6) is 0 Å². The van der Waals surface area contributed by atoms with Gasteiger partial charge >= 0.3 is 12.4 Å². The van der Waals surface area contributed by atoms with Crippen molar-refractivity contribution in [2.75, 3.05) is 11.0 Å². The standard InChI is InChI=1S/C18H13F6N3O2S/c1-30(28,29)26-13-6-8-14(9-7-13)27-15(10-16(25-27)18(22,23)24)11-2-4-12(5-3-11)17(19,20)21/h2-10,26H,1H3. The van der Waals surface area contributed by atoms with E-state index in [1.165, 1.54) is 24.3 Å². The van der Waals surface area contributed by atoms with Gasteiger partial charge in [-0.15, -0.1) is 0 Å². The van der Waals surface area contributed by atoms with Crippen LogP contribution < -0.4 is 4.72 Å². The van der Waals surface area contributed by atoms with Crippen LogP contribution >= 0.6 is 0 Å². The number of sulfonamides is 1. The first kappa shape index (κ1) is 21.7. The van der Waals surface area contributed by atoms with Crippen LogP contribution in [0.4, 0.5) is 32.0 Å². The molecule has 3 aromatic rings. The van der Waals surface area contributed by atoms with Gasteiger partial charge in [0.25, 0.3) is 0 Å². The third-order valence-electron chi connectivity index (χ3n) is 3.92. The molecule has 3 rings (SSSR count). The van der Waals surface area contributed by atoms with Crippen molar-refractivity contribution in [2.24, 2.45) is 0 Å². The zero-order valence-electron chi connectivity index (χ0n) is 15.1. The van der Waals surface area contributed by atoms with Crippen LogP contribution in [0.25, 0.3) is 16.9 Å². The van der Waals surface area contributed by atoms with Gasteiger partial charge in [0.2, 0.25) is 10.0 Å². The molecular formula is C18H13F6N3O2S. The largest absolute Gasteiger partial charge is 0.435 e. The maximum atomic E-state index is 13.2. The summed E-state index contributed by atoms with van der Waals surface area (Å²) < 4.78 is 104. The van der Waals surface area contributed by atoms with Gasteiger partial charge in [0, 0.05) is 11.3 Å². The molecule has 0 radical (unpaired) electrons. The van der Waals surface area contributed by atoms with Crippen molar-refractivity contribution in [3.8, 4) is 16.9 Å². The normalized spacial score (nSPS) is 12.8. The van der Waals surface area contributed by atoms with Gasteiger partial charge < -0.3 is 0 Å². The Hall–Kier alpha value is -3.02. The third kappa shape index (κ3) is 4.93. The number of hydrogen-bond acceptors (Lipinski definition) is 3. The van der Waals surface area contributed by atoms with Gasteiger partial charge in [-0.1, -0.05) is 12.1 Å². The molecule has 0 saturated heterocycles. The van der Waals surface area contributed by atoms with Crippen LogP contribution in [0.2, 0.25) is 0 Å². The van der Waals surface area contributed by atoms with Crippen LogP contribution in [-0.2, 0) is 22.4 Å². The number of hydrogen-bond donors (Lipinski definition) is 1. The maximum absolute atomic E-state index is 13.2. The van der Waals surface area contributed by atoms with Crippen LogP contribution in [0, 0.1) is 0 Å². The lowest BCUT2D eigenvalue weighted by Gasteiger charge is -2.11. The first-order chi connectivity index (χ1) is 13.7. The molecule has 0 spiro atoms. The molecule has 0 amide bonds. The molecule has 0 saturated carbocycles. The van der Waals surface area contributed by atoms with Crippen LogP contribution in [0.1, 0.15) is 11.3 Å². The minimum atomic E-state index is -4.77. The third-order valence-corrected chi connectivity index (χ3v) is 4.53. The predicted molar refractivity (Wildman–Crippen MR) is 97.5 cm³/mol. The van der Waals surface area contributed by atoms with Gasteiger partial charge in [-0.2, -0.15) is 31.4 Å². The Morgan fingerprint density at radius 2 is 1.43 bits per heavy atom. The Labute approximate surface area is 167 Å². The molecule has 5 nitrogen and oxygen atoms in total. The molecule has 2 aromatic carbocycles. The summed E-state index contributed by atoms with van der Waals surface area (Å²) in [7, 11) is -3.55. The van der Waals surface area contributed by atoms with E-state index in [0.29, 0.717) is 0 Å². The minimum Gasteiger partial charge on any atom is -0.284 e. The lowest BCUT2D eigenvalue weighted by Crippen LogP contribution is -2.10. The van der Waals surface area contributed by atoms with Crippen LogP contribution in [0.15, 0.2) is 54.6 Å². The summed E-state index contributed by atoms with van der Waals surface area (Å²) in [5.74, 6) is 0. The lowest BCUT2D eigenvalue weighted by atomic mass is 10.1. The molecule has 160 valence electrons. The number of nitrogens with one attached hydrogen (secondary N) is 1. The van der Waals surface area contributed by atoms with Gasteiger partial charge in [0.15, 0.2) is 5.69 Å². The predicted octanol–water partition coefficient (Wildman–Crippen LogP) is 4.95. The second kappa shape index (κ2) is 7.35. The number of halogens is 6. The van der Waals surface area contributed by atoms with E-state index in [4.69, 9.17) is 0 Å². The average molecular weight is 449 g/mol. The monoisotopic (exact) mass is 449 g/mol. The fraction of sp³-hybridized carbons (Fsp3) is 0.167. The molecule has 12 heteroatoms. The van der Waals surface area contributed by atoms with E-state index < -0.39 is 33.6 Å². The summed E-state index contributed by atoms with van der Waals surface area (Å²) in [5, 5.41) is 3.53. The Bertz CT molecular complexity index is 1150. The Kier molecular flexibility index (Phi) is 5.31. The van der Waals surface area contributed by atoms with Crippen molar-refractivity contribution < 1.29 is 34.8 Å². The van der Waals surface area contributed by atoms with E-state index in [1.807, 2.05) is 0 Å². The maximum Gasteiger partial charge on any atom is 0.435 e. The SMILES string of the molecule is CS(=O)(=O)Nc1ccc(-n2nc(C(F)(F)F)cc2-c2ccc(C(F)(F)F)cc2)cc1. The molecule has 0 bridgehead atoms. The second-order valence-corrected chi connectivity index (χ2v) is 8.07. The number of anilines is 1. The highest BCUT2D eigenvalue weighted by atomic mass is 32.2. The highest BCUT2D eigenvalue weighted by Crippen LogP contribution is 2.35. The smallest absolute Gasteiger partial charge is 0.284 e. The van der Waals surface area contributed by atoms with Crippen molar-refractivity contribution in [1.29, 1.82) is 0 Å². The zero-order valence-corrected chi connectivity index (χ0v) is 15.9. The first-order valence-electron chi connectivity index (χ1n) is 8.17. The van der Waals surface area contributed by atoms with E-state index >= 15 is 0 Å². The van der Waals surface area contributed by atoms with Crippen LogP contribution in [0.3, 0.4) is 0 Å². The second-order valence-electron chi connectivity index (χ2n) is 6.32. The molecule has 0 fully saturated rings. The highest BCUT2D eigenvalue weighted by Gasteiger charge is 2.35. The van der Waals surface area contributed by atoms with Crippen molar-refractivity contribution in [2.45, 2.75) is 12.4 Å². The van der Waals surface area contributed by atoms with E-state index in [9.17, 15) is 34.8 Å². The van der Waals surface area contributed by atoms with Gasteiger partial charge in [-0.3, -0.25) is 4.72 Å². The van der Waals surface area contributed by atoms with E-state index in [-0.39, 0.29) is 22.6 Å². The zero-order chi connectivity index (χ0) is 22.3. The average Bonchev–Trinajstić information content (AvgIpc) is 3.06. The Morgan fingerprint density at radius 1 is 0.867 bits per heavy atom. The molecule has 0 unspecified atom stereocenters. The lowest BCUT2D eigenvalue weighted by molar-refractivity contribution is -0.141. The molecule has 30 heavy (non-hydrogen) atoms.